The molecule has 0 amide bonds. The maximum Gasteiger partial charge on any atom is 0.241 e. The summed E-state index contributed by atoms with van der Waals surface area (Å²) in [4.78, 5) is 3.47. The Morgan fingerprint density at radius 3 is 2.19 bits per heavy atom. The molecule has 148 valence electrons. The topological polar surface area (TPSA) is 53.9 Å². The monoisotopic (exact) mass is 410 g/mol. The predicted octanol–water partition coefficient (Wildman–Crippen LogP) is 2.19. The maximum atomic E-state index is 12.8. The van der Waals surface area contributed by atoms with Gasteiger partial charge in [-0.3, -0.25) is 0 Å². The van der Waals surface area contributed by atoms with Gasteiger partial charge >= 0.3 is 0 Å². The number of sulfonamides is 1. The number of nitrogens with zero attached hydrogens (tertiary/aromatic N) is 1. The average Bonchev–Trinajstić information content (AvgIpc) is 2.58. The van der Waals surface area contributed by atoms with Gasteiger partial charge in [-0.25, -0.2) is 13.1 Å². The molecule has 7 heteroatoms. The molecule has 0 aliphatic rings. The molecule has 2 rings (SSSR count). The largest absolute Gasteiger partial charge is 0.378 e. The summed E-state index contributed by atoms with van der Waals surface area (Å²) in [7, 11) is 4.42. The number of quaternary nitrogens is 1. The number of halogens is 1. The van der Waals surface area contributed by atoms with Gasteiger partial charge in [-0.2, -0.15) is 0 Å². The van der Waals surface area contributed by atoms with Crippen molar-refractivity contribution in [3.05, 3.63) is 58.1 Å². The van der Waals surface area contributed by atoms with E-state index in [0.717, 1.165) is 21.7 Å². The van der Waals surface area contributed by atoms with E-state index in [-0.39, 0.29) is 10.9 Å². The lowest BCUT2D eigenvalue weighted by molar-refractivity contribution is -0.890. The highest BCUT2D eigenvalue weighted by atomic mass is 35.5. The van der Waals surface area contributed by atoms with Crippen LogP contribution in [-0.2, 0) is 10.0 Å². The lowest BCUT2D eigenvalue weighted by Crippen LogP contribution is -3.07. The Hall–Kier alpha value is -1.60. The molecule has 5 nitrogen and oxygen atoms in total. The predicted molar refractivity (Wildman–Crippen MR) is 112 cm³/mol. The highest BCUT2D eigenvalue weighted by Gasteiger charge is 2.24. The number of likely N-dealkylation sites (N-methyl/N-ethyl adjacent to an activating group) is 1. The first-order valence-electron chi connectivity index (χ1n) is 8.86. The lowest BCUT2D eigenvalue weighted by Gasteiger charge is -2.23. The quantitative estimate of drug-likeness (QED) is 0.735. The van der Waals surface area contributed by atoms with E-state index in [4.69, 9.17) is 11.6 Å². The molecule has 27 heavy (non-hydrogen) atoms. The van der Waals surface area contributed by atoms with Crippen molar-refractivity contribution in [3.63, 3.8) is 0 Å². The van der Waals surface area contributed by atoms with Gasteiger partial charge in [-0.05, 0) is 49.2 Å². The molecule has 0 radical (unpaired) electrons. The van der Waals surface area contributed by atoms with Crippen molar-refractivity contribution >= 4 is 27.3 Å². The third kappa shape index (κ3) is 5.23. The van der Waals surface area contributed by atoms with E-state index >= 15 is 0 Å². The molecule has 0 saturated heterocycles. The Labute approximate surface area is 168 Å². The normalized spacial score (nSPS) is 13.0. The van der Waals surface area contributed by atoms with Crippen molar-refractivity contribution < 1.29 is 13.3 Å². The van der Waals surface area contributed by atoms with E-state index in [2.05, 4.69) is 16.9 Å². The summed E-state index contributed by atoms with van der Waals surface area (Å²) >= 11 is 6.10. The Bertz CT molecular complexity index is 894. The highest BCUT2D eigenvalue weighted by Crippen LogP contribution is 2.24. The van der Waals surface area contributed by atoms with Gasteiger partial charge in [-0.15, -0.1) is 0 Å². The standard InChI is InChI=1S/C20H28ClN3O2S/c1-14-12-20(15(2)11-18(14)21)27(25,26)22-13-19(24(5)6)16-7-9-17(10-8-16)23(3)4/h7-12,19,22H,13H2,1-6H3/p+1/t19-/m0/s1. The van der Waals surface area contributed by atoms with E-state index in [1.54, 1.807) is 26.0 Å². The summed E-state index contributed by atoms with van der Waals surface area (Å²) in [6, 6.07) is 11.5. The van der Waals surface area contributed by atoms with E-state index in [1.807, 2.05) is 45.2 Å². The van der Waals surface area contributed by atoms with E-state index in [1.165, 1.54) is 0 Å². The number of aryl methyl sites for hydroxylation is 2. The minimum Gasteiger partial charge on any atom is -0.378 e. The van der Waals surface area contributed by atoms with Crippen LogP contribution in [0.1, 0.15) is 22.7 Å². The second-order valence-electron chi connectivity index (χ2n) is 7.33. The molecule has 2 aromatic carbocycles. The second kappa shape index (κ2) is 8.61. The molecule has 2 aromatic rings. The number of rotatable bonds is 7. The van der Waals surface area contributed by atoms with E-state index in [9.17, 15) is 8.42 Å². The summed E-state index contributed by atoms with van der Waals surface area (Å²) in [5.74, 6) is 0. The molecule has 2 N–H and O–H groups in total. The van der Waals surface area contributed by atoms with E-state index in [0.29, 0.717) is 17.1 Å². The van der Waals surface area contributed by atoms with Crippen LogP contribution in [-0.4, -0.2) is 43.2 Å². The molecule has 0 saturated carbocycles. The third-order valence-corrected chi connectivity index (χ3v) is 6.70. The van der Waals surface area contributed by atoms with Crippen LogP contribution in [0.2, 0.25) is 5.02 Å². The van der Waals surface area contributed by atoms with Crippen LogP contribution in [0.3, 0.4) is 0 Å². The molecular weight excluding hydrogens is 382 g/mol. The Morgan fingerprint density at radius 1 is 1.07 bits per heavy atom. The van der Waals surface area contributed by atoms with Crippen LogP contribution in [0.15, 0.2) is 41.3 Å². The third-order valence-electron chi connectivity index (χ3n) is 4.73. The van der Waals surface area contributed by atoms with Crippen LogP contribution in [0.4, 0.5) is 5.69 Å². The number of benzene rings is 2. The van der Waals surface area contributed by atoms with Crippen LogP contribution < -0.4 is 14.5 Å². The van der Waals surface area contributed by atoms with Crippen molar-refractivity contribution in [3.8, 4) is 0 Å². The van der Waals surface area contributed by atoms with Crippen LogP contribution in [0.25, 0.3) is 0 Å². The first kappa shape index (κ1) is 21.7. The minimum atomic E-state index is -3.62. The fourth-order valence-electron chi connectivity index (χ4n) is 2.97. The molecule has 0 heterocycles. The molecule has 0 aliphatic carbocycles. The molecule has 1 atom stereocenters. The first-order chi connectivity index (χ1) is 12.5. The first-order valence-corrected chi connectivity index (χ1v) is 10.7. The SMILES string of the molecule is Cc1cc(S(=O)(=O)NC[C@@H](c2ccc(N(C)C)cc2)[NH+](C)C)c(C)cc1Cl. The molecular formula is C20H29ClN3O2S+. The summed E-state index contributed by atoms with van der Waals surface area (Å²) in [6.45, 7) is 3.88. The van der Waals surface area contributed by atoms with Crippen molar-refractivity contribution in [2.45, 2.75) is 24.8 Å². The minimum absolute atomic E-state index is 0.00434. The maximum absolute atomic E-state index is 12.8. The molecule has 0 bridgehead atoms. The van der Waals surface area contributed by atoms with Gasteiger partial charge in [0.1, 0.15) is 6.04 Å². The van der Waals surface area contributed by atoms with E-state index < -0.39 is 10.0 Å². The zero-order valence-corrected chi connectivity index (χ0v) is 18.4. The van der Waals surface area contributed by atoms with Gasteiger partial charge in [0.25, 0.3) is 0 Å². The zero-order chi connectivity index (χ0) is 20.4. The van der Waals surface area contributed by atoms with Gasteiger partial charge in [0.15, 0.2) is 0 Å². The second-order valence-corrected chi connectivity index (χ2v) is 9.48. The fourth-order valence-corrected chi connectivity index (χ4v) is 4.55. The van der Waals surface area contributed by atoms with Gasteiger partial charge in [0, 0.05) is 30.4 Å². The lowest BCUT2D eigenvalue weighted by atomic mass is 10.1. The zero-order valence-electron chi connectivity index (χ0n) is 16.8. The number of hydrogen-bond acceptors (Lipinski definition) is 3. The van der Waals surface area contributed by atoms with Crippen molar-refractivity contribution in [1.29, 1.82) is 0 Å². The summed E-state index contributed by atoms with van der Waals surface area (Å²) < 4.78 is 28.5. The van der Waals surface area contributed by atoms with Crippen molar-refractivity contribution in [2.24, 2.45) is 0 Å². The molecule has 0 aliphatic heterocycles. The number of anilines is 1. The van der Waals surface area contributed by atoms with Gasteiger partial charge in [0.05, 0.1) is 25.5 Å². The highest BCUT2D eigenvalue weighted by molar-refractivity contribution is 7.89. The number of hydrogen-bond donors (Lipinski definition) is 2. The summed E-state index contributed by atoms with van der Waals surface area (Å²) in [6.07, 6.45) is 0. The van der Waals surface area contributed by atoms with Gasteiger partial charge in [0.2, 0.25) is 10.0 Å². The molecule has 0 aromatic heterocycles. The van der Waals surface area contributed by atoms with Crippen LogP contribution >= 0.6 is 11.6 Å². The van der Waals surface area contributed by atoms with Crippen LogP contribution in [0.5, 0.6) is 0 Å². The van der Waals surface area contributed by atoms with Crippen LogP contribution in [0, 0.1) is 13.8 Å². The molecule has 0 unspecified atom stereocenters. The average molecular weight is 411 g/mol. The smallest absolute Gasteiger partial charge is 0.241 e. The van der Waals surface area contributed by atoms with Crippen molar-refractivity contribution in [2.75, 3.05) is 39.6 Å². The van der Waals surface area contributed by atoms with Crippen molar-refractivity contribution in [1.82, 2.24) is 4.72 Å². The van der Waals surface area contributed by atoms with Gasteiger partial charge < -0.3 is 9.80 Å². The Morgan fingerprint density at radius 2 is 1.67 bits per heavy atom. The fraction of sp³-hybridized carbons (Fsp3) is 0.400. The Balaban J connectivity index is 2.24. The Kier molecular flexibility index (Phi) is 6.92. The van der Waals surface area contributed by atoms with Gasteiger partial charge in [-0.1, -0.05) is 23.7 Å². The molecule has 0 fully saturated rings. The summed E-state index contributed by atoms with van der Waals surface area (Å²) in [5.41, 5.74) is 3.59. The molecule has 0 spiro atoms. The summed E-state index contributed by atoms with van der Waals surface area (Å²) in [5, 5.41) is 0.572. The number of nitrogens with one attached hydrogen (secondary N) is 2.